The fourth-order valence-electron chi connectivity index (χ4n) is 3.17. The van der Waals surface area contributed by atoms with E-state index in [2.05, 4.69) is 49.2 Å². The van der Waals surface area contributed by atoms with Crippen molar-refractivity contribution in [2.45, 2.75) is 75.2 Å². The zero-order chi connectivity index (χ0) is 18.5. The summed E-state index contributed by atoms with van der Waals surface area (Å²) >= 11 is 5.28. The molecule has 0 bridgehead atoms. The van der Waals surface area contributed by atoms with Gasteiger partial charge in [-0.15, -0.1) is 21.5 Å². The average Bonchev–Trinajstić information content (AvgIpc) is 3.12. The Bertz CT molecular complexity index is 961. The Labute approximate surface area is 166 Å². The van der Waals surface area contributed by atoms with Crippen molar-refractivity contribution < 1.29 is 4.74 Å². The van der Waals surface area contributed by atoms with Gasteiger partial charge < -0.3 is 4.74 Å². The Morgan fingerprint density at radius 3 is 2.81 bits per heavy atom. The summed E-state index contributed by atoms with van der Waals surface area (Å²) in [6, 6.07) is 0. The van der Waals surface area contributed by atoms with E-state index in [1.165, 1.54) is 15.8 Å². The van der Waals surface area contributed by atoms with Gasteiger partial charge in [-0.3, -0.25) is 0 Å². The minimum Gasteiger partial charge on any atom is -0.370 e. The largest absolute Gasteiger partial charge is 0.370 e. The molecule has 5 nitrogen and oxygen atoms in total. The molecule has 26 heavy (non-hydrogen) atoms. The maximum atomic E-state index is 6.02. The monoisotopic (exact) mass is 408 g/mol. The Morgan fingerprint density at radius 2 is 2.08 bits per heavy atom. The number of hydrogen-bond donors (Lipinski definition) is 0. The van der Waals surface area contributed by atoms with Crippen molar-refractivity contribution in [3.8, 4) is 0 Å². The summed E-state index contributed by atoms with van der Waals surface area (Å²) in [4.78, 5) is 7.38. The highest BCUT2D eigenvalue weighted by atomic mass is 32.2. The molecule has 3 aromatic heterocycles. The van der Waals surface area contributed by atoms with E-state index < -0.39 is 0 Å². The second-order valence-corrected chi connectivity index (χ2v) is 11.1. The third-order valence-corrected chi connectivity index (χ3v) is 7.48. The third-order valence-electron chi connectivity index (χ3n) is 4.29. The molecule has 0 N–H and O–H groups in total. The first-order chi connectivity index (χ1) is 12.4. The molecule has 0 unspecified atom stereocenters. The van der Waals surface area contributed by atoms with E-state index in [1.54, 1.807) is 34.9 Å². The Kier molecular flexibility index (Phi) is 4.96. The van der Waals surface area contributed by atoms with Crippen LogP contribution in [-0.2, 0) is 17.8 Å². The van der Waals surface area contributed by atoms with Gasteiger partial charge in [0.15, 0.2) is 16.0 Å². The van der Waals surface area contributed by atoms with Crippen LogP contribution < -0.4 is 0 Å². The molecule has 0 saturated heterocycles. The first kappa shape index (κ1) is 18.5. The van der Waals surface area contributed by atoms with Crippen LogP contribution in [0.4, 0.5) is 0 Å². The molecule has 0 saturated carbocycles. The fraction of sp³-hybridized carbons (Fsp3) is 0.611. The summed E-state index contributed by atoms with van der Waals surface area (Å²) in [5.41, 5.74) is 2.15. The number of ether oxygens (including phenoxy) is 1. The molecule has 4 heterocycles. The number of nitrogens with zero attached hydrogens (tertiary/aromatic N) is 4. The van der Waals surface area contributed by atoms with Gasteiger partial charge in [-0.1, -0.05) is 44.3 Å². The number of rotatable bonds is 5. The zero-order valence-electron chi connectivity index (χ0n) is 15.8. The molecule has 0 aromatic carbocycles. The molecule has 1 aliphatic rings. The van der Waals surface area contributed by atoms with E-state index in [0.29, 0.717) is 11.9 Å². The zero-order valence-corrected chi connectivity index (χ0v) is 18.3. The molecule has 1 aliphatic heterocycles. The van der Waals surface area contributed by atoms with E-state index in [4.69, 9.17) is 9.72 Å². The van der Waals surface area contributed by atoms with Crippen molar-refractivity contribution in [3.63, 3.8) is 0 Å². The van der Waals surface area contributed by atoms with E-state index in [1.807, 2.05) is 0 Å². The lowest BCUT2D eigenvalue weighted by Crippen LogP contribution is -2.31. The highest BCUT2D eigenvalue weighted by Crippen LogP contribution is 2.41. The van der Waals surface area contributed by atoms with Gasteiger partial charge in [0.1, 0.15) is 4.83 Å². The maximum absolute atomic E-state index is 6.02. The molecule has 140 valence electrons. The minimum atomic E-state index is -0.150. The second kappa shape index (κ2) is 6.96. The van der Waals surface area contributed by atoms with Gasteiger partial charge in [-0.25, -0.2) is 9.38 Å². The lowest BCUT2D eigenvalue weighted by molar-refractivity contribution is -0.0379. The number of thiophene rings is 1. The van der Waals surface area contributed by atoms with Crippen LogP contribution in [0.5, 0.6) is 0 Å². The molecule has 3 aromatic rings. The van der Waals surface area contributed by atoms with Gasteiger partial charge in [-0.2, -0.15) is 0 Å². The van der Waals surface area contributed by atoms with E-state index in [0.717, 1.165) is 39.4 Å². The van der Waals surface area contributed by atoms with Gasteiger partial charge in [0.25, 0.3) is 0 Å². The van der Waals surface area contributed by atoms with Crippen molar-refractivity contribution in [1.82, 2.24) is 19.6 Å². The van der Waals surface area contributed by atoms with Crippen LogP contribution in [0.3, 0.4) is 0 Å². The van der Waals surface area contributed by atoms with Gasteiger partial charge in [0.05, 0.1) is 17.6 Å². The maximum Gasteiger partial charge on any atom is 0.197 e. The normalized spacial score (nSPS) is 16.7. The Hall–Kier alpha value is -0.830. The standard InChI is InChI=1S/C18H24N4OS3/c1-6-7-24-17-21-20-14-13-11-8-18(4,5)23-9-12(11)26-15(13)19-16(22(14)17)25-10(2)3/h10H,6-9H2,1-5H3. The highest BCUT2D eigenvalue weighted by molar-refractivity contribution is 8.00. The van der Waals surface area contributed by atoms with Gasteiger partial charge in [0, 0.05) is 22.3 Å². The number of fused-ring (bicyclic) bond motifs is 5. The first-order valence-corrected chi connectivity index (χ1v) is 11.7. The lowest BCUT2D eigenvalue weighted by atomic mass is 9.94. The summed E-state index contributed by atoms with van der Waals surface area (Å²) in [5.74, 6) is 1.03. The van der Waals surface area contributed by atoms with Crippen LogP contribution in [0.15, 0.2) is 10.3 Å². The summed E-state index contributed by atoms with van der Waals surface area (Å²) in [6.45, 7) is 11.5. The third kappa shape index (κ3) is 3.25. The summed E-state index contributed by atoms with van der Waals surface area (Å²) < 4.78 is 8.19. The molecule has 4 rings (SSSR count). The van der Waals surface area contributed by atoms with Gasteiger partial charge >= 0.3 is 0 Å². The number of aromatic nitrogens is 4. The van der Waals surface area contributed by atoms with Crippen LogP contribution in [0, 0.1) is 0 Å². The molecule has 0 radical (unpaired) electrons. The van der Waals surface area contributed by atoms with Crippen molar-refractivity contribution in [2.24, 2.45) is 0 Å². The van der Waals surface area contributed by atoms with Crippen molar-refractivity contribution in [2.75, 3.05) is 5.75 Å². The Morgan fingerprint density at radius 1 is 1.27 bits per heavy atom. The summed E-state index contributed by atoms with van der Waals surface area (Å²) in [6.07, 6.45) is 2.00. The van der Waals surface area contributed by atoms with Crippen LogP contribution >= 0.6 is 34.9 Å². The fourth-order valence-corrected chi connectivity index (χ4v) is 6.01. The second-order valence-electron chi connectivity index (χ2n) is 7.46. The van der Waals surface area contributed by atoms with E-state index in [-0.39, 0.29) is 5.60 Å². The molecule has 0 atom stereocenters. The molecular formula is C18H24N4OS3. The van der Waals surface area contributed by atoms with E-state index in [9.17, 15) is 0 Å². The molecular weight excluding hydrogens is 384 g/mol. The quantitative estimate of drug-likeness (QED) is 0.428. The average molecular weight is 409 g/mol. The van der Waals surface area contributed by atoms with Crippen molar-refractivity contribution >= 4 is 50.7 Å². The molecule has 0 spiro atoms. The highest BCUT2D eigenvalue weighted by Gasteiger charge is 2.31. The molecule has 0 amide bonds. The smallest absolute Gasteiger partial charge is 0.197 e. The lowest BCUT2D eigenvalue weighted by Gasteiger charge is -2.30. The predicted octanol–water partition coefficient (Wildman–Crippen LogP) is 5.19. The molecule has 8 heteroatoms. The molecule has 0 fully saturated rings. The summed E-state index contributed by atoms with van der Waals surface area (Å²) in [7, 11) is 0. The van der Waals surface area contributed by atoms with Crippen molar-refractivity contribution in [3.05, 3.63) is 10.4 Å². The van der Waals surface area contributed by atoms with Gasteiger partial charge in [0.2, 0.25) is 0 Å². The van der Waals surface area contributed by atoms with Crippen LogP contribution in [0.1, 0.15) is 51.5 Å². The molecule has 0 aliphatic carbocycles. The summed E-state index contributed by atoms with van der Waals surface area (Å²) in [5, 5.41) is 12.7. The van der Waals surface area contributed by atoms with Gasteiger partial charge in [-0.05, 0) is 25.8 Å². The van der Waals surface area contributed by atoms with Crippen LogP contribution in [0.2, 0.25) is 0 Å². The first-order valence-electron chi connectivity index (χ1n) is 9.02. The number of thioether (sulfide) groups is 2. The minimum absolute atomic E-state index is 0.150. The van der Waals surface area contributed by atoms with Crippen molar-refractivity contribution in [1.29, 1.82) is 0 Å². The number of hydrogen-bond acceptors (Lipinski definition) is 7. The SMILES string of the molecule is CCCSc1nnc2c3c4c(sc3nc(SC(C)C)n12)COC(C)(C)C4. The van der Waals surface area contributed by atoms with Crippen LogP contribution in [-0.4, -0.2) is 36.2 Å². The van der Waals surface area contributed by atoms with Crippen LogP contribution in [0.25, 0.3) is 15.9 Å². The predicted molar refractivity (Wildman–Crippen MR) is 111 cm³/mol. The topological polar surface area (TPSA) is 52.3 Å². The Balaban J connectivity index is 1.97. The van der Waals surface area contributed by atoms with E-state index >= 15 is 0 Å².